The first kappa shape index (κ1) is 12.4. The lowest BCUT2D eigenvalue weighted by molar-refractivity contribution is 0.0960. The van der Waals surface area contributed by atoms with Crippen LogP contribution < -0.4 is 11.1 Å². The predicted octanol–water partition coefficient (Wildman–Crippen LogP) is 1.05. The number of para-hydroxylation sites is 1. The van der Waals surface area contributed by atoms with Gasteiger partial charge in [0.1, 0.15) is 12.0 Å². The monoisotopic (exact) mass is 244 g/mol. The molecule has 3 N–H and O–H groups in total. The molecule has 1 aromatic carbocycles. The number of fused-ring (bicyclic) bond motifs is 1. The first-order valence-electron chi connectivity index (χ1n) is 5.84. The van der Waals surface area contributed by atoms with Crippen LogP contribution in [0.4, 0.5) is 0 Å². The Labute approximate surface area is 105 Å². The Morgan fingerprint density at radius 2 is 2.22 bits per heavy atom. The zero-order valence-corrected chi connectivity index (χ0v) is 10.5. The van der Waals surface area contributed by atoms with E-state index in [9.17, 15) is 4.79 Å². The zero-order valence-electron chi connectivity index (χ0n) is 10.5. The van der Waals surface area contributed by atoms with Gasteiger partial charge in [0.2, 0.25) is 0 Å². The molecular weight excluding hydrogens is 228 g/mol. The SMILES string of the molecule is CNC(=O)c1ncnc2c([C@H](C)CN)cccc12. The molecule has 1 atom stereocenters. The number of aromatic nitrogens is 2. The van der Waals surface area contributed by atoms with Crippen LogP contribution in [-0.2, 0) is 0 Å². The van der Waals surface area contributed by atoms with Crippen molar-refractivity contribution in [3.05, 3.63) is 35.8 Å². The second kappa shape index (κ2) is 5.10. The van der Waals surface area contributed by atoms with E-state index >= 15 is 0 Å². The molecule has 5 nitrogen and oxygen atoms in total. The van der Waals surface area contributed by atoms with Crippen LogP contribution in [0.2, 0.25) is 0 Å². The molecule has 0 aliphatic carbocycles. The van der Waals surface area contributed by atoms with E-state index in [1.807, 2.05) is 25.1 Å². The Morgan fingerprint density at radius 3 is 2.89 bits per heavy atom. The van der Waals surface area contributed by atoms with E-state index in [4.69, 9.17) is 5.73 Å². The van der Waals surface area contributed by atoms with Crippen molar-refractivity contribution in [2.24, 2.45) is 5.73 Å². The first-order valence-corrected chi connectivity index (χ1v) is 5.84. The minimum Gasteiger partial charge on any atom is -0.354 e. The molecule has 0 bridgehead atoms. The van der Waals surface area contributed by atoms with Gasteiger partial charge in [-0.2, -0.15) is 0 Å². The summed E-state index contributed by atoms with van der Waals surface area (Å²) in [4.78, 5) is 20.1. The molecule has 2 aromatic rings. The third-order valence-corrected chi connectivity index (χ3v) is 3.02. The van der Waals surface area contributed by atoms with Crippen LogP contribution in [-0.4, -0.2) is 29.5 Å². The van der Waals surface area contributed by atoms with E-state index in [1.54, 1.807) is 7.05 Å². The summed E-state index contributed by atoms with van der Waals surface area (Å²) in [6.07, 6.45) is 1.42. The maximum Gasteiger partial charge on any atom is 0.270 e. The standard InChI is InChI=1S/C13H16N4O/c1-8(6-14)9-4-3-5-10-11(9)16-7-17-12(10)13(18)15-2/h3-5,7-8H,6,14H2,1-2H3,(H,15,18)/t8-/m1/s1. The molecule has 0 saturated heterocycles. The van der Waals surface area contributed by atoms with Crippen LogP contribution in [0.1, 0.15) is 28.9 Å². The van der Waals surface area contributed by atoms with Gasteiger partial charge in [-0.15, -0.1) is 0 Å². The van der Waals surface area contributed by atoms with Crippen molar-refractivity contribution in [1.82, 2.24) is 15.3 Å². The van der Waals surface area contributed by atoms with Crippen molar-refractivity contribution in [2.45, 2.75) is 12.8 Å². The fourth-order valence-corrected chi connectivity index (χ4v) is 1.93. The van der Waals surface area contributed by atoms with Gasteiger partial charge in [0.05, 0.1) is 5.52 Å². The maximum atomic E-state index is 11.8. The fourth-order valence-electron chi connectivity index (χ4n) is 1.93. The van der Waals surface area contributed by atoms with Crippen LogP contribution in [0.5, 0.6) is 0 Å². The minimum atomic E-state index is -0.208. The third-order valence-electron chi connectivity index (χ3n) is 3.02. The van der Waals surface area contributed by atoms with Crippen molar-refractivity contribution in [2.75, 3.05) is 13.6 Å². The predicted molar refractivity (Wildman–Crippen MR) is 70.4 cm³/mol. The number of nitrogens with two attached hydrogens (primary N) is 1. The highest BCUT2D eigenvalue weighted by molar-refractivity contribution is 6.04. The van der Waals surface area contributed by atoms with Crippen LogP contribution in [0.3, 0.4) is 0 Å². The number of carbonyl (C=O) groups excluding carboxylic acids is 1. The normalized spacial score (nSPS) is 12.4. The molecule has 0 saturated carbocycles. The molecule has 1 heterocycles. The van der Waals surface area contributed by atoms with E-state index in [0.717, 1.165) is 16.5 Å². The molecular formula is C13H16N4O. The van der Waals surface area contributed by atoms with Gasteiger partial charge >= 0.3 is 0 Å². The van der Waals surface area contributed by atoms with Gasteiger partial charge in [0, 0.05) is 12.4 Å². The maximum absolute atomic E-state index is 11.8. The smallest absolute Gasteiger partial charge is 0.270 e. The van der Waals surface area contributed by atoms with E-state index in [0.29, 0.717) is 12.2 Å². The van der Waals surface area contributed by atoms with Gasteiger partial charge in [-0.3, -0.25) is 4.79 Å². The lowest BCUT2D eigenvalue weighted by atomic mass is 9.97. The van der Waals surface area contributed by atoms with Crippen molar-refractivity contribution in [1.29, 1.82) is 0 Å². The Bertz CT molecular complexity index is 582. The summed E-state index contributed by atoms with van der Waals surface area (Å²) in [5.74, 6) is -0.0129. The van der Waals surface area contributed by atoms with Crippen LogP contribution in [0.15, 0.2) is 24.5 Å². The van der Waals surface area contributed by atoms with Crippen molar-refractivity contribution in [3.63, 3.8) is 0 Å². The second-order valence-electron chi connectivity index (χ2n) is 4.18. The summed E-state index contributed by atoms with van der Waals surface area (Å²) in [5, 5.41) is 3.34. The molecule has 1 aromatic heterocycles. The highest BCUT2D eigenvalue weighted by atomic mass is 16.1. The first-order chi connectivity index (χ1) is 8.69. The Balaban J connectivity index is 2.69. The number of hydrogen-bond acceptors (Lipinski definition) is 4. The van der Waals surface area contributed by atoms with Gasteiger partial charge in [-0.05, 0) is 18.0 Å². The van der Waals surface area contributed by atoms with Crippen LogP contribution >= 0.6 is 0 Å². The lowest BCUT2D eigenvalue weighted by Gasteiger charge is -2.12. The summed E-state index contributed by atoms with van der Waals surface area (Å²) < 4.78 is 0. The van der Waals surface area contributed by atoms with Gasteiger partial charge in [-0.25, -0.2) is 9.97 Å². The minimum absolute atomic E-state index is 0.195. The van der Waals surface area contributed by atoms with Crippen molar-refractivity contribution >= 4 is 16.8 Å². The van der Waals surface area contributed by atoms with Gasteiger partial charge in [0.25, 0.3) is 5.91 Å². The number of rotatable bonds is 3. The largest absolute Gasteiger partial charge is 0.354 e. The van der Waals surface area contributed by atoms with E-state index in [-0.39, 0.29) is 11.8 Å². The van der Waals surface area contributed by atoms with Gasteiger partial charge in [0.15, 0.2) is 0 Å². The summed E-state index contributed by atoms with van der Waals surface area (Å²) in [6.45, 7) is 2.58. The molecule has 0 unspecified atom stereocenters. The Kier molecular flexibility index (Phi) is 3.53. The van der Waals surface area contributed by atoms with E-state index in [1.165, 1.54) is 6.33 Å². The second-order valence-corrected chi connectivity index (χ2v) is 4.18. The van der Waals surface area contributed by atoms with Crippen molar-refractivity contribution in [3.8, 4) is 0 Å². The Morgan fingerprint density at radius 1 is 1.44 bits per heavy atom. The average Bonchev–Trinajstić information content (AvgIpc) is 2.44. The highest BCUT2D eigenvalue weighted by Crippen LogP contribution is 2.24. The summed E-state index contributed by atoms with van der Waals surface area (Å²) in [6, 6.07) is 5.74. The lowest BCUT2D eigenvalue weighted by Crippen LogP contribution is -2.20. The van der Waals surface area contributed by atoms with Gasteiger partial charge in [-0.1, -0.05) is 25.1 Å². The summed E-state index contributed by atoms with van der Waals surface area (Å²) in [5.41, 5.74) is 7.93. The number of benzene rings is 1. The number of nitrogens with zero attached hydrogens (tertiary/aromatic N) is 2. The summed E-state index contributed by atoms with van der Waals surface area (Å²) in [7, 11) is 1.59. The Hall–Kier alpha value is -2.01. The molecule has 5 heteroatoms. The molecule has 18 heavy (non-hydrogen) atoms. The number of carbonyl (C=O) groups is 1. The molecule has 0 aliphatic heterocycles. The zero-order chi connectivity index (χ0) is 13.1. The van der Waals surface area contributed by atoms with Gasteiger partial charge < -0.3 is 11.1 Å². The van der Waals surface area contributed by atoms with E-state index < -0.39 is 0 Å². The topological polar surface area (TPSA) is 80.9 Å². The van der Waals surface area contributed by atoms with Crippen LogP contribution in [0, 0.1) is 0 Å². The molecule has 94 valence electrons. The molecule has 0 fully saturated rings. The average molecular weight is 244 g/mol. The number of nitrogens with one attached hydrogen (secondary N) is 1. The quantitative estimate of drug-likeness (QED) is 0.845. The molecule has 0 aliphatic rings. The van der Waals surface area contributed by atoms with Crippen LogP contribution in [0.25, 0.3) is 10.9 Å². The van der Waals surface area contributed by atoms with E-state index in [2.05, 4.69) is 15.3 Å². The number of amides is 1. The molecule has 1 amide bonds. The molecule has 2 rings (SSSR count). The molecule has 0 radical (unpaired) electrons. The van der Waals surface area contributed by atoms with Crippen molar-refractivity contribution < 1.29 is 4.79 Å². The fraction of sp³-hybridized carbons (Fsp3) is 0.308. The third kappa shape index (κ3) is 2.04. The number of hydrogen-bond donors (Lipinski definition) is 2. The summed E-state index contributed by atoms with van der Waals surface area (Å²) >= 11 is 0. The molecule has 0 spiro atoms. The highest BCUT2D eigenvalue weighted by Gasteiger charge is 2.14.